The van der Waals surface area contributed by atoms with Gasteiger partial charge in [0.1, 0.15) is 0 Å². The molecule has 0 radical (unpaired) electrons. The summed E-state index contributed by atoms with van der Waals surface area (Å²) >= 11 is 0. The predicted molar refractivity (Wildman–Crippen MR) is 80.3 cm³/mol. The number of ether oxygens (including phenoxy) is 1. The molecule has 1 aromatic rings. The van der Waals surface area contributed by atoms with Crippen LogP contribution >= 0.6 is 0 Å². The fraction of sp³-hybridized carbons (Fsp3) is 0.800. The molecule has 5 heteroatoms. The Balaban J connectivity index is 1.96. The molecule has 2 rings (SSSR count). The van der Waals surface area contributed by atoms with E-state index in [1.807, 2.05) is 0 Å². The molecule has 0 aromatic carbocycles. The van der Waals surface area contributed by atoms with Crippen LogP contribution in [0.2, 0.25) is 0 Å². The number of aromatic nitrogens is 2. The van der Waals surface area contributed by atoms with Gasteiger partial charge in [0, 0.05) is 19.7 Å². The van der Waals surface area contributed by atoms with E-state index < -0.39 is 0 Å². The Morgan fingerprint density at radius 1 is 1.50 bits per heavy atom. The van der Waals surface area contributed by atoms with Crippen molar-refractivity contribution in [1.82, 2.24) is 15.2 Å². The third-order valence-corrected chi connectivity index (χ3v) is 4.33. The second-order valence-corrected chi connectivity index (χ2v) is 5.77. The number of nitrogens with one attached hydrogen (secondary N) is 1. The SMILES string of the molecule is CCCC(OC)C(Cc1ccn(C2CCCC2)n1)NN. The van der Waals surface area contributed by atoms with Crippen molar-refractivity contribution in [3.63, 3.8) is 0 Å². The van der Waals surface area contributed by atoms with Gasteiger partial charge < -0.3 is 4.74 Å². The zero-order valence-corrected chi connectivity index (χ0v) is 12.7. The standard InChI is InChI=1S/C15H28N4O/c1-3-6-15(20-2)14(17-16)11-12-9-10-19(18-12)13-7-4-5-8-13/h9-10,13-15,17H,3-8,11,16H2,1-2H3. The van der Waals surface area contributed by atoms with Crippen molar-refractivity contribution in [2.24, 2.45) is 5.84 Å². The van der Waals surface area contributed by atoms with Gasteiger partial charge in [-0.15, -0.1) is 0 Å². The van der Waals surface area contributed by atoms with Crippen molar-refractivity contribution < 1.29 is 4.74 Å². The molecular weight excluding hydrogens is 252 g/mol. The number of rotatable bonds is 8. The molecule has 0 saturated heterocycles. The molecule has 20 heavy (non-hydrogen) atoms. The maximum absolute atomic E-state index is 5.69. The second-order valence-electron chi connectivity index (χ2n) is 5.77. The molecule has 1 saturated carbocycles. The number of hydrazine groups is 1. The van der Waals surface area contributed by atoms with Gasteiger partial charge >= 0.3 is 0 Å². The van der Waals surface area contributed by atoms with E-state index in [0.717, 1.165) is 25.0 Å². The van der Waals surface area contributed by atoms with Crippen LogP contribution in [-0.4, -0.2) is 29.0 Å². The summed E-state index contributed by atoms with van der Waals surface area (Å²) in [6, 6.07) is 2.83. The largest absolute Gasteiger partial charge is 0.380 e. The third kappa shape index (κ3) is 3.81. The molecule has 1 aliphatic carbocycles. The molecule has 1 heterocycles. The lowest BCUT2D eigenvalue weighted by Gasteiger charge is -2.24. The van der Waals surface area contributed by atoms with Crippen molar-refractivity contribution >= 4 is 0 Å². The lowest BCUT2D eigenvalue weighted by atomic mass is 10.0. The van der Waals surface area contributed by atoms with Gasteiger partial charge in [-0.1, -0.05) is 26.2 Å². The van der Waals surface area contributed by atoms with Crippen LogP contribution in [0.5, 0.6) is 0 Å². The van der Waals surface area contributed by atoms with E-state index in [4.69, 9.17) is 15.7 Å². The van der Waals surface area contributed by atoms with E-state index in [9.17, 15) is 0 Å². The Morgan fingerprint density at radius 2 is 2.25 bits per heavy atom. The first-order valence-corrected chi connectivity index (χ1v) is 7.81. The maximum atomic E-state index is 5.69. The Hall–Kier alpha value is -0.910. The first-order valence-electron chi connectivity index (χ1n) is 7.81. The van der Waals surface area contributed by atoms with Crippen molar-refractivity contribution in [2.75, 3.05) is 7.11 Å². The zero-order valence-electron chi connectivity index (χ0n) is 12.7. The Kier molecular flexibility index (Phi) is 6.01. The van der Waals surface area contributed by atoms with Crippen LogP contribution in [0.3, 0.4) is 0 Å². The van der Waals surface area contributed by atoms with Gasteiger partial charge in [-0.2, -0.15) is 5.10 Å². The quantitative estimate of drug-likeness (QED) is 0.566. The molecule has 2 atom stereocenters. The van der Waals surface area contributed by atoms with Gasteiger partial charge in [-0.05, 0) is 25.3 Å². The molecule has 0 bridgehead atoms. The zero-order chi connectivity index (χ0) is 14.4. The van der Waals surface area contributed by atoms with E-state index in [1.165, 1.54) is 25.7 Å². The average Bonchev–Trinajstić information content (AvgIpc) is 3.13. The first-order chi connectivity index (χ1) is 9.78. The van der Waals surface area contributed by atoms with Crippen molar-refractivity contribution in [3.8, 4) is 0 Å². The fourth-order valence-corrected chi connectivity index (χ4v) is 3.15. The predicted octanol–water partition coefficient (Wildman–Crippen LogP) is 2.19. The first kappa shape index (κ1) is 15.5. The van der Waals surface area contributed by atoms with E-state index in [1.54, 1.807) is 7.11 Å². The van der Waals surface area contributed by atoms with Crippen LogP contribution in [0.4, 0.5) is 0 Å². The van der Waals surface area contributed by atoms with E-state index in [0.29, 0.717) is 6.04 Å². The van der Waals surface area contributed by atoms with Gasteiger partial charge in [0.25, 0.3) is 0 Å². The molecule has 1 fully saturated rings. The highest BCUT2D eigenvalue weighted by molar-refractivity contribution is 5.03. The summed E-state index contributed by atoms with van der Waals surface area (Å²) in [6.45, 7) is 2.16. The summed E-state index contributed by atoms with van der Waals surface area (Å²) in [7, 11) is 1.75. The number of nitrogens with zero attached hydrogens (tertiary/aromatic N) is 2. The fourth-order valence-electron chi connectivity index (χ4n) is 3.15. The highest BCUT2D eigenvalue weighted by Crippen LogP contribution is 2.28. The normalized spacial score (nSPS) is 19.4. The summed E-state index contributed by atoms with van der Waals surface area (Å²) in [5.41, 5.74) is 3.99. The van der Waals surface area contributed by atoms with Crippen molar-refractivity contribution in [3.05, 3.63) is 18.0 Å². The van der Waals surface area contributed by atoms with Crippen LogP contribution < -0.4 is 11.3 Å². The van der Waals surface area contributed by atoms with E-state index in [2.05, 4.69) is 29.3 Å². The van der Waals surface area contributed by atoms with Crippen LogP contribution in [-0.2, 0) is 11.2 Å². The minimum atomic E-state index is 0.117. The molecule has 3 N–H and O–H groups in total. The Labute approximate surface area is 121 Å². The van der Waals surface area contributed by atoms with Crippen molar-refractivity contribution in [2.45, 2.75) is 70.1 Å². The minimum absolute atomic E-state index is 0.117. The molecule has 0 amide bonds. The Morgan fingerprint density at radius 3 is 2.85 bits per heavy atom. The summed E-state index contributed by atoms with van der Waals surface area (Å²) in [5, 5.41) is 4.72. The topological polar surface area (TPSA) is 65.1 Å². The highest BCUT2D eigenvalue weighted by atomic mass is 16.5. The third-order valence-electron chi connectivity index (χ3n) is 4.33. The van der Waals surface area contributed by atoms with Gasteiger partial charge in [0.2, 0.25) is 0 Å². The molecule has 2 unspecified atom stereocenters. The van der Waals surface area contributed by atoms with Crippen LogP contribution in [0.1, 0.15) is 57.2 Å². The molecule has 0 spiro atoms. The molecule has 5 nitrogen and oxygen atoms in total. The van der Waals surface area contributed by atoms with Gasteiger partial charge in [0.15, 0.2) is 0 Å². The highest BCUT2D eigenvalue weighted by Gasteiger charge is 2.22. The molecule has 1 aromatic heterocycles. The van der Waals surface area contributed by atoms with Crippen LogP contribution in [0, 0.1) is 0 Å². The van der Waals surface area contributed by atoms with Gasteiger partial charge in [0.05, 0.1) is 23.9 Å². The van der Waals surface area contributed by atoms with E-state index >= 15 is 0 Å². The summed E-state index contributed by atoms with van der Waals surface area (Å²) in [4.78, 5) is 0. The Bertz CT molecular complexity index is 387. The maximum Gasteiger partial charge on any atom is 0.0741 e. The van der Waals surface area contributed by atoms with Gasteiger partial charge in [-0.3, -0.25) is 16.0 Å². The smallest absolute Gasteiger partial charge is 0.0741 e. The summed E-state index contributed by atoms with van der Waals surface area (Å²) < 4.78 is 7.68. The molecule has 114 valence electrons. The monoisotopic (exact) mass is 280 g/mol. The number of nitrogens with two attached hydrogens (primary N) is 1. The minimum Gasteiger partial charge on any atom is -0.380 e. The van der Waals surface area contributed by atoms with Crippen LogP contribution in [0.25, 0.3) is 0 Å². The lowest BCUT2D eigenvalue weighted by molar-refractivity contribution is 0.0605. The summed E-state index contributed by atoms with van der Waals surface area (Å²) in [5.74, 6) is 5.69. The average molecular weight is 280 g/mol. The number of hydrogen-bond acceptors (Lipinski definition) is 4. The number of hydrogen-bond donors (Lipinski definition) is 2. The number of methoxy groups -OCH3 is 1. The molecular formula is C15H28N4O. The van der Waals surface area contributed by atoms with Crippen LogP contribution in [0.15, 0.2) is 12.3 Å². The van der Waals surface area contributed by atoms with Crippen molar-refractivity contribution in [1.29, 1.82) is 0 Å². The second kappa shape index (κ2) is 7.76. The van der Waals surface area contributed by atoms with Gasteiger partial charge in [-0.25, -0.2) is 0 Å². The molecule has 0 aliphatic heterocycles. The van der Waals surface area contributed by atoms with E-state index in [-0.39, 0.29) is 12.1 Å². The molecule has 1 aliphatic rings. The summed E-state index contributed by atoms with van der Waals surface area (Å²) in [6.07, 6.45) is 10.3. The lowest BCUT2D eigenvalue weighted by Crippen LogP contribution is -2.46.